The zero-order chi connectivity index (χ0) is 36.6. The van der Waals surface area contributed by atoms with E-state index < -0.39 is 6.29 Å². The Bertz CT molecular complexity index is 2110. The van der Waals surface area contributed by atoms with Crippen molar-refractivity contribution in [3.63, 3.8) is 0 Å². The highest BCUT2D eigenvalue weighted by atomic mass is 32.2. The van der Waals surface area contributed by atoms with Crippen LogP contribution in [0.1, 0.15) is 41.6 Å². The zero-order valence-corrected chi connectivity index (χ0v) is 30.4. The summed E-state index contributed by atoms with van der Waals surface area (Å²) in [5.41, 5.74) is 6.48. The maximum atomic E-state index is 12.8. The number of benzene rings is 5. The Morgan fingerprint density at radius 3 is 2.30 bits per heavy atom. The van der Waals surface area contributed by atoms with Crippen LogP contribution in [0.5, 0.6) is 11.5 Å². The number of carbonyl (C=O) groups excluding carboxylic acids is 1. The Morgan fingerprint density at radius 2 is 1.57 bits per heavy atom. The summed E-state index contributed by atoms with van der Waals surface area (Å²) in [6.45, 7) is 2.51. The zero-order valence-electron chi connectivity index (χ0n) is 29.6. The van der Waals surface area contributed by atoms with E-state index >= 15 is 0 Å². The first kappa shape index (κ1) is 36.0. The minimum absolute atomic E-state index is 0.00619. The molecule has 1 aliphatic heterocycles. The molecule has 3 N–H and O–H groups in total. The number of aliphatic hydroxyl groups excluding tert-OH is 1. The van der Waals surface area contributed by atoms with Gasteiger partial charge in [-0.2, -0.15) is 0 Å². The Balaban J connectivity index is 1.02. The van der Waals surface area contributed by atoms with E-state index in [2.05, 4.69) is 46.8 Å². The second kappa shape index (κ2) is 17.0. The van der Waals surface area contributed by atoms with E-state index in [1.54, 1.807) is 18.0 Å². The number of anilines is 1. The maximum absolute atomic E-state index is 12.8. The van der Waals surface area contributed by atoms with Gasteiger partial charge in [0, 0.05) is 48.9 Å². The summed E-state index contributed by atoms with van der Waals surface area (Å²) in [5.74, 6) is 2.22. The van der Waals surface area contributed by atoms with E-state index in [0.29, 0.717) is 23.7 Å². The van der Waals surface area contributed by atoms with E-state index in [-0.39, 0.29) is 30.8 Å². The maximum Gasteiger partial charge on any atom is 0.319 e. The van der Waals surface area contributed by atoms with Crippen molar-refractivity contribution in [3.05, 3.63) is 162 Å². The molecule has 1 fully saturated rings. The molecular weight excluding hydrogens is 685 g/mol. The van der Waals surface area contributed by atoms with Crippen LogP contribution in [0, 0.1) is 5.92 Å². The number of aliphatic hydroxyl groups is 1. The lowest BCUT2D eigenvalue weighted by atomic mass is 9.91. The summed E-state index contributed by atoms with van der Waals surface area (Å²) in [7, 11) is 1.99. The van der Waals surface area contributed by atoms with Gasteiger partial charge in [-0.3, -0.25) is 0 Å². The third kappa shape index (κ3) is 9.16. The second-order valence-corrected chi connectivity index (χ2v) is 14.0. The number of aryl methyl sites for hydroxylation is 1. The standard InChI is InChI=1S/C43H42N4O5S/c1-29-39(28-53-43-44-22-23-47(43)2)51-41(52-40(29)32-16-14-30(27-48)15-17-32)35-11-7-10-34(25-35)33-9-6-8-31(24-33)26-45-42(49)46-36-18-20-38(21-19-36)50-37-12-4-3-5-13-37/h3-25,29,39-41,48H,26-28H2,1-2H3,(H2,45,46,49)/t29-,39+,40+,41+/m0/s1. The van der Waals surface area contributed by atoms with Crippen LogP contribution >= 0.6 is 11.8 Å². The van der Waals surface area contributed by atoms with Crippen LogP contribution in [-0.4, -0.2) is 32.5 Å². The molecule has 0 saturated carbocycles. The van der Waals surface area contributed by atoms with Crippen molar-refractivity contribution in [1.82, 2.24) is 14.9 Å². The monoisotopic (exact) mass is 726 g/mol. The molecule has 6 aromatic rings. The van der Waals surface area contributed by atoms with Crippen molar-refractivity contribution in [2.75, 3.05) is 11.1 Å². The number of para-hydroxylation sites is 1. The Labute approximate surface area is 314 Å². The van der Waals surface area contributed by atoms with Crippen molar-refractivity contribution in [3.8, 4) is 22.6 Å². The lowest BCUT2D eigenvalue weighted by molar-refractivity contribution is -0.268. The number of nitrogens with one attached hydrogen (secondary N) is 2. The second-order valence-electron chi connectivity index (χ2n) is 13.0. The number of aromatic nitrogens is 2. The van der Waals surface area contributed by atoms with Gasteiger partial charge in [-0.25, -0.2) is 9.78 Å². The largest absolute Gasteiger partial charge is 0.457 e. The molecule has 1 aromatic heterocycles. The fourth-order valence-corrected chi connectivity index (χ4v) is 7.37. The predicted molar refractivity (Wildman–Crippen MR) is 208 cm³/mol. The first-order valence-corrected chi connectivity index (χ1v) is 18.6. The Hall–Kier alpha value is -5.39. The van der Waals surface area contributed by atoms with Crippen molar-refractivity contribution in [1.29, 1.82) is 0 Å². The summed E-state index contributed by atoms with van der Waals surface area (Å²) < 4.78 is 21.3. The number of hydrogen-bond donors (Lipinski definition) is 3. The molecule has 0 aliphatic carbocycles. The highest BCUT2D eigenvalue weighted by Gasteiger charge is 2.38. The molecule has 2 heterocycles. The molecular formula is C43H42N4O5S. The highest BCUT2D eigenvalue weighted by Crippen LogP contribution is 2.43. The van der Waals surface area contributed by atoms with Gasteiger partial charge in [0.15, 0.2) is 11.4 Å². The normalized spacial score (nSPS) is 18.3. The smallest absolute Gasteiger partial charge is 0.319 e. The molecule has 10 heteroatoms. The molecule has 4 atom stereocenters. The average molecular weight is 727 g/mol. The average Bonchev–Trinajstić information content (AvgIpc) is 3.62. The molecule has 0 bridgehead atoms. The van der Waals surface area contributed by atoms with E-state index in [1.807, 2.05) is 121 Å². The lowest BCUT2D eigenvalue weighted by Crippen LogP contribution is -2.38. The van der Waals surface area contributed by atoms with Crippen LogP contribution in [0.15, 0.2) is 145 Å². The SMILES string of the molecule is C[C@H]1[C@@H](CSc2nccn2C)O[C@@H](c2cccc(-c3cccc(CNC(=O)Nc4ccc(Oc5ccccc5)cc4)c3)c2)O[C@H]1c1ccc(CO)cc1. The van der Waals surface area contributed by atoms with Gasteiger partial charge in [0.1, 0.15) is 11.5 Å². The van der Waals surface area contributed by atoms with Crippen molar-refractivity contribution in [2.24, 2.45) is 13.0 Å². The van der Waals surface area contributed by atoms with Crippen LogP contribution in [0.4, 0.5) is 10.5 Å². The van der Waals surface area contributed by atoms with Gasteiger partial charge in [-0.1, -0.05) is 97.5 Å². The van der Waals surface area contributed by atoms with Gasteiger partial charge in [0.2, 0.25) is 0 Å². The molecule has 0 spiro atoms. The van der Waals surface area contributed by atoms with E-state index in [9.17, 15) is 9.90 Å². The predicted octanol–water partition coefficient (Wildman–Crippen LogP) is 9.28. The van der Waals surface area contributed by atoms with Gasteiger partial charge < -0.3 is 34.5 Å². The number of nitrogens with zero attached hydrogens (tertiary/aromatic N) is 2. The molecule has 7 rings (SSSR count). The fourth-order valence-electron chi connectivity index (χ4n) is 6.27. The van der Waals surface area contributed by atoms with Gasteiger partial charge in [-0.15, -0.1) is 0 Å². The molecule has 1 aliphatic rings. The van der Waals surface area contributed by atoms with E-state index in [0.717, 1.165) is 44.3 Å². The summed E-state index contributed by atoms with van der Waals surface area (Å²) in [6.07, 6.45) is 2.84. The van der Waals surface area contributed by atoms with Crippen molar-refractivity contribution in [2.45, 2.75) is 43.7 Å². The summed E-state index contributed by atoms with van der Waals surface area (Å²) in [6, 6.07) is 40.8. The number of amides is 2. The molecule has 5 aromatic carbocycles. The molecule has 9 nitrogen and oxygen atoms in total. The number of imidazole rings is 1. The summed E-state index contributed by atoms with van der Waals surface area (Å²) >= 11 is 1.67. The number of hydrogen-bond acceptors (Lipinski definition) is 7. The minimum atomic E-state index is -0.590. The van der Waals surface area contributed by atoms with Crippen LogP contribution in [0.2, 0.25) is 0 Å². The van der Waals surface area contributed by atoms with Crippen LogP contribution < -0.4 is 15.4 Å². The molecule has 0 radical (unpaired) electrons. The lowest BCUT2D eigenvalue weighted by Gasteiger charge is -2.41. The highest BCUT2D eigenvalue weighted by molar-refractivity contribution is 7.99. The molecule has 2 amide bonds. The number of carbonyl (C=O) groups is 1. The number of ether oxygens (including phenoxy) is 3. The molecule has 53 heavy (non-hydrogen) atoms. The van der Waals surface area contributed by atoms with E-state index in [1.165, 1.54) is 0 Å². The van der Waals surface area contributed by atoms with Gasteiger partial charge in [0.05, 0.1) is 18.8 Å². The van der Waals surface area contributed by atoms with Gasteiger partial charge in [0.25, 0.3) is 0 Å². The topological polar surface area (TPSA) is 107 Å². The van der Waals surface area contributed by atoms with Crippen LogP contribution in [0.3, 0.4) is 0 Å². The molecule has 0 unspecified atom stereocenters. The minimum Gasteiger partial charge on any atom is -0.457 e. The number of rotatable bonds is 12. The first-order valence-electron chi connectivity index (χ1n) is 17.6. The molecule has 270 valence electrons. The third-order valence-electron chi connectivity index (χ3n) is 9.24. The number of thioether (sulfide) groups is 1. The Morgan fingerprint density at radius 1 is 0.830 bits per heavy atom. The summed E-state index contributed by atoms with van der Waals surface area (Å²) in [4.78, 5) is 17.3. The van der Waals surface area contributed by atoms with Crippen molar-refractivity contribution < 1.29 is 24.1 Å². The Kier molecular flexibility index (Phi) is 11.5. The van der Waals surface area contributed by atoms with Crippen LogP contribution in [0.25, 0.3) is 11.1 Å². The van der Waals surface area contributed by atoms with Crippen molar-refractivity contribution >= 4 is 23.5 Å². The fraction of sp³-hybridized carbons (Fsp3) is 0.209. The molecule has 1 saturated heterocycles. The van der Waals surface area contributed by atoms with Gasteiger partial charge >= 0.3 is 6.03 Å². The first-order chi connectivity index (χ1) is 25.9. The quantitative estimate of drug-likeness (QED) is 0.108. The number of urea groups is 1. The van der Waals surface area contributed by atoms with E-state index in [4.69, 9.17) is 14.2 Å². The summed E-state index contributed by atoms with van der Waals surface area (Å²) in [5, 5.41) is 16.4. The van der Waals surface area contributed by atoms with Crippen LogP contribution in [-0.2, 0) is 29.7 Å². The van der Waals surface area contributed by atoms with Gasteiger partial charge in [-0.05, 0) is 76.3 Å². The third-order valence-corrected chi connectivity index (χ3v) is 10.4.